The molecule has 1 aliphatic rings. The lowest BCUT2D eigenvalue weighted by Gasteiger charge is -2.14. The lowest BCUT2D eigenvalue weighted by molar-refractivity contribution is 0.616. The summed E-state index contributed by atoms with van der Waals surface area (Å²) in [6.07, 6.45) is 2.35. The molecule has 13 heavy (non-hydrogen) atoms. The smallest absolute Gasteiger partial charge is 0.182 e. The maximum Gasteiger partial charge on any atom is 0.182 e. The highest BCUT2D eigenvalue weighted by Gasteiger charge is 2.13. The molecule has 0 aliphatic carbocycles. The number of nitrogens with zero attached hydrogens (tertiary/aromatic N) is 1. The Kier molecular flexibility index (Phi) is 1.38. The molecule has 3 rings (SSSR count). The standard InChI is InChI=1S/C10H10N2S/c11-10-12-6-2-4-7-3-1-5-8(13-10)9(7)12/h1,3,5,11H,2,4,6H2. The van der Waals surface area contributed by atoms with E-state index in [0.717, 1.165) is 6.54 Å². The number of rotatable bonds is 0. The van der Waals surface area contributed by atoms with Crippen molar-refractivity contribution in [3.63, 3.8) is 0 Å². The van der Waals surface area contributed by atoms with E-state index in [1.807, 2.05) is 0 Å². The third-order valence-corrected chi connectivity index (χ3v) is 3.60. The summed E-state index contributed by atoms with van der Waals surface area (Å²) in [6, 6.07) is 6.40. The molecule has 0 atom stereocenters. The minimum Gasteiger partial charge on any atom is -0.317 e. The second-order valence-corrected chi connectivity index (χ2v) is 4.46. The predicted octanol–water partition coefficient (Wildman–Crippen LogP) is 2.13. The summed E-state index contributed by atoms with van der Waals surface area (Å²) >= 11 is 1.59. The van der Waals surface area contributed by atoms with Crippen LogP contribution in [-0.4, -0.2) is 4.57 Å². The molecule has 0 bridgehead atoms. The maximum atomic E-state index is 7.81. The minimum atomic E-state index is 0.696. The topological polar surface area (TPSA) is 28.8 Å². The van der Waals surface area contributed by atoms with Crippen LogP contribution in [0.5, 0.6) is 0 Å². The molecule has 1 aromatic heterocycles. The second-order valence-electron chi connectivity index (χ2n) is 3.43. The maximum absolute atomic E-state index is 7.81. The van der Waals surface area contributed by atoms with Crippen molar-refractivity contribution in [3.05, 3.63) is 28.6 Å². The average Bonchev–Trinajstić information content (AvgIpc) is 2.47. The van der Waals surface area contributed by atoms with Gasteiger partial charge in [-0.15, -0.1) is 0 Å². The Morgan fingerprint density at radius 1 is 1.38 bits per heavy atom. The van der Waals surface area contributed by atoms with E-state index in [9.17, 15) is 0 Å². The van der Waals surface area contributed by atoms with Gasteiger partial charge in [-0.25, -0.2) is 0 Å². The first kappa shape index (κ1) is 7.33. The van der Waals surface area contributed by atoms with Gasteiger partial charge in [0.05, 0.1) is 10.2 Å². The first-order valence-electron chi connectivity index (χ1n) is 4.52. The molecule has 0 saturated heterocycles. The van der Waals surface area contributed by atoms with Crippen LogP contribution in [0, 0.1) is 5.41 Å². The Morgan fingerprint density at radius 2 is 2.31 bits per heavy atom. The summed E-state index contributed by atoms with van der Waals surface area (Å²) in [5.41, 5.74) is 2.72. The van der Waals surface area contributed by atoms with Crippen LogP contribution in [0.15, 0.2) is 18.2 Å². The zero-order valence-corrected chi connectivity index (χ0v) is 8.03. The molecule has 66 valence electrons. The minimum absolute atomic E-state index is 0.696. The van der Waals surface area contributed by atoms with E-state index in [-0.39, 0.29) is 0 Å². The van der Waals surface area contributed by atoms with Crippen LogP contribution in [0.25, 0.3) is 10.2 Å². The molecular weight excluding hydrogens is 180 g/mol. The van der Waals surface area contributed by atoms with Crippen molar-refractivity contribution in [2.24, 2.45) is 0 Å². The van der Waals surface area contributed by atoms with E-state index in [1.54, 1.807) is 11.3 Å². The predicted molar refractivity (Wildman–Crippen MR) is 54.0 cm³/mol. The van der Waals surface area contributed by atoms with Gasteiger partial charge >= 0.3 is 0 Å². The van der Waals surface area contributed by atoms with E-state index < -0.39 is 0 Å². The number of aromatic nitrogens is 1. The van der Waals surface area contributed by atoms with E-state index in [4.69, 9.17) is 5.41 Å². The number of hydrogen-bond acceptors (Lipinski definition) is 2. The molecule has 3 heteroatoms. The van der Waals surface area contributed by atoms with Crippen molar-refractivity contribution < 1.29 is 0 Å². The van der Waals surface area contributed by atoms with Gasteiger partial charge in [0.25, 0.3) is 0 Å². The van der Waals surface area contributed by atoms with Crippen molar-refractivity contribution in [3.8, 4) is 0 Å². The largest absolute Gasteiger partial charge is 0.317 e. The van der Waals surface area contributed by atoms with Crippen LogP contribution < -0.4 is 4.80 Å². The molecule has 0 spiro atoms. The molecule has 2 aromatic rings. The molecule has 0 amide bonds. The molecular formula is C10H10N2S. The van der Waals surface area contributed by atoms with E-state index >= 15 is 0 Å². The SMILES string of the molecule is N=c1sc2cccc3c2n1CCC3. The Labute approximate surface area is 80.0 Å². The average molecular weight is 190 g/mol. The quantitative estimate of drug-likeness (QED) is 0.659. The van der Waals surface area contributed by atoms with Crippen molar-refractivity contribution >= 4 is 21.6 Å². The third-order valence-electron chi connectivity index (χ3n) is 2.63. The normalized spacial score (nSPS) is 15.1. The highest BCUT2D eigenvalue weighted by Crippen LogP contribution is 2.25. The zero-order valence-electron chi connectivity index (χ0n) is 7.21. The summed E-state index contributed by atoms with van der Waals surface area (Å²) < 4.78 is 3.40. The highest BCUT2D eigenvalue weighted by molar-refractivity contribution is 7.16. The lowest BCUT2D eigenvalue weighted by atomic mass is 10.1. The Morgan fingerprint density at radius 3 is 3.23 bits per heavy atom. The van der Waals surface area contributed by atoms with Gasteiger partial charge in [0.2, 0.25) is 0 Å². The molecule has 2 heterocycles. The summed E-state index contributed by atoms with van der Waals surface area (Å²) in [4.78, 5) is 0.696. The van der Waals surface area contributed by atoms with Crippen molar-refractivity contribution in [1.82, 2.24) is 4.57 Å². The highest BCUT2D eigenvalue weighted by atomic mass is 32.1. The number of aryl methyl sites for hydroxylation is 2. The van der Waals surface area contributed by atoms with E-state index in [1.165, 1.54) is 28.6 Å². The fourth-order valence-electron chi connectivity index (χ4n) is 2.06. The van der Waals surface area contributed by atoms with Gasteiger partial charge in [-0.05, 0) is 24.5 Å². The number of para-hydroxylation sites is 1. The first-order chi connectivity index (χ1) is 6.36. The molecule has 1 aliphatic heterocycles. The van der Waals surface area contributed by atoms with E-state index in [2.05, 4.69) is 22.8 Å². The zero-order chi connectivity index (χ0) is 8.84. The number of thiazole rings is 1. The summed E-state index contributed by atoms with van der Waals surface area (Å²) in [6.45, 7) is 1.02. The van der Waals surface area contributed by atoms with Gasteiger partial charge in [-0.2, -0.15) is 0 Å². The van der Waals surface area contributed by atoms with Crippen molar-refractivity contribution in [2.45, 2.75) is 19.4 Å². The van der Waals surface area contributed by atoms with Gasteiger partial charge in [0, 0.05) is 6.54 Å². The Balaban J connectivity index is 2.58. The Hall–Kier alpha value is -1.09. The number of hydrogen-bond donors (Lipinski definition) is 1. The fourth-order valence-corrected chi connectivity index (χ4v) is 3.05. The van der Waals surface area contributed by atoms with Crippen LogP contribution in [0.4, 0.5) is 0 Å². The van der Waals surface area contributed by atoms with Gasteiger partial charge in [0.15, 0.2) is 4.80 Å². The van der Waals surface area contributed by atoms with Crippen LogP contribution >= 0.6 is 11.3 Å². The second kappa shape index (κ2) is 2.45. The van der Waals surface area contributed by atoms with Crippen LogP contribution in [0.3, 0.4) is 0 Å². The molecule has 1 N–H and O–H groups in total. The lowest BCUT2D eigenvalue weighted by Crippen LogP contribution is -2.17. The third kappa shape index (κ3) is 0.907. The van der Waals surface area contributed by atoms with Gasteiger partial charge in [0.1, 0.15) is 0 Å². The van der Waals surface area contributed by atoms with Crippen molar-refractivity contribution in [2.75, 3.05) is 0 Å². The number of benzene rings is 1. The molecule has 0 fully saturated rings. The molecule has 0 saturated carbocycles. The number of nitrogens with one attached hydrogen (secondary N) is 1. The molecule has 2 nitrogen and oxygen atoms in total. The van der Waals surface area contributed by atoms with E-state index in [0.29, 0.717) is 4.80 Å². The molecule has 0 radical (unpaired) electrons. The van der Waals surface area contributed by atoms with Gasteiger partial charge in [-0.1, -0.05) is 23.5 Å². The van der Waals surface area contributed by atoms with Gasteiger partial charge in [-0.3, -0.25) is 5.41 Å². The molecule has 0 unspecified atom stereocenters. The monoisotopic (exact) mass is 190 g/mol. The summed E-state index contributed by atoms with van der Waals surface area (Å²) in [5.74, 6) is 0. The summed E-state index contributed by atoms with van der Waals surface area (Å²) in [5, 5.41) is 7.81. The van der Waals surface area contributed by atoms with Crippen molar-refractivity contribution in [1.29, 1.82) is 5.41 Å². The first-order valence-corrected chi connectivity index (χ1v) is 5.34. The summed E-state index contributed by atoms with van der Waals surface area (Å²) in [7, 11) is 0. The van der Waals surface area contributed by atoms with Crippen LogP contribution in [-0.2, 0) is 13.0 Å². The van der Waals surface area contributed by atoms with Crippen LogP contribution in [0.1, 0.15) is 12.0 Å². The Bertz CT molecular complexity index is 521. The van der Waals surface area contributed by atoms with Crippen LogP contribution in [0.2, 0.25) is 0 Å². The fraction of sp³-hybridized carbons (Fsp3) is 0.300. The van der Waals surface area contributed by atoms with Gasteiger partial charge < -0.3 is 4.57 Å². The molecule has 1 aromatic carbocycles.